The van der Waals surface area contributed by atoms with Crippen molar-refractivity contribution in [3.05, 3.63) is 11.6 Å². The lowest BCUT2D eigenvalue weighted by Gasteiger charge is -2.17. The molecule has 1 fully saturated rings. The number of rotatable bonds is 1. The molecular formula is C9H12O4. The molecule has 0 aromatic carbocycles. The monoisotopic (exact) mass is 184 g/mol. The highest BCUT2D eigenvalue weighted by molar-refractivity contribution is 5.98. The molecule has 0 spiro atoms. The lowest BCUT2D eigenvalue weighted by Crippen LogP contribution is -2.25. The molecule has 72 valence electrons. The van der Waals surface area contributed by atoms with Gasteiger partial charge in [0.2, 0.25) is 0 Å². The number of aliphatic hydroxyl groups is 1. The third-order valence-corrected chi connectivity index (χ3v) is 2.25. The summed E-state index contributed by atoms with van der Waals surface area (Å²) >= 11 is 0. The van der Waals surface area contributed by atoms with Gasteiger partial charge in [0.25, 0.3) is 0 Å². The molecule has 0 aromatic heterocycles. The molecule has 0 saturated carbocycles. The minimum atomic E-state index is -0.723. The van der Waals surface area contributed by atoms with E-state index in [1.807, 2.05) is 0 Å². The SMILES string of the molecule is CC1(C)O[C@@H]2C(CO)=CC(=O)[C@@H]2O1. The third kappa shape index (κ3) is 1.31. The van der Waals surface area contributed by atoms with E-state index in [1.54, 1.807) is 13.8 Å². The van der Waals surface area contributed by atoms with Gasteiger partial charge < -0.3 is 14.6 Å². The normalized spacial score (nSPS) is 36.2. The van der Waals surface area contributed by atoms with Gasteiger partial charge in [-0.25, -0.2) is 0 Å². The first-order chi connectivity index (χ1) is 6.03. The van der Waals surface area contributed by atoms with Crippen molar-refractivity contribution in [3.8, 4) is 0 Å². The Hall–Kier alpha value is -0.710. The highest BCUT2D eigenvalue weighted by Crippen LogP contribution is 2.36. The van der Waals surface area contributed by atoms with Gasteiger partial charge in [-0.3, -0.25) is 4.79 Å². The molecule has 1 N–H and O–H groups in total. The molecule has 2 aliphatic rings. The number of hydrogen-bond donors (Lipinski definition) is 1. The van der Waals surface area contributed by atoms with Gasteiger partial charge in [0.05, 0.1) is 6.61 Å². The van der Waals surface area contributed by atoms with Gasteiger partial charge in [-0.15, -0.1) is 0 Å². The van der Waals surface area contributed by atoms with E-state index >= 15 is 0 Å². The average Bonchev–Trinajstić information content (AvgIpc) is 2.47. The molecule has 0 aromatic rings. The summed E-state index contributed by atoms with van der Waals surface area (Å²) in [5, 5.41) is 8.95. The van der Waals surface area contributed by atoms with E-state index in [1.165, 1.54) is 6.08 Å². The number of ketones is 1. The zero-order valence-electron chi connectivity index (χ0n) is 7.61. The second-order valence-corrected chi connectivity index (χ2v) is 3.76. The van der Waals surface area contributed by atoms with Crippen LogP contribution in [0, 0.1) is 0 Å². The lowest BCUT2D eigenvalue weighted by molar-refractivity contribution is -0.153. The van der Waals surface area contributed by atoms with Gasteiger partial charge in [0, 0.05) is 0 Å². The molecule has 2 atom stereocenters. The van der Waals surface area contributed by atoms with Crippen LogP contribution in [0.15, 0.2) is 11.6 Å². The number of ether oxygens (including phenoxy) is 2. The Kier molecular flexibility index (Phi) is 1.80. The van der Waals surface area contributed by atoms with Crippen molar-refractivity contribution in [1.82, 2.24) is 0 Å². The fraction of sp³-hybridized carbons (Fsp3) is 0.667. The lowest BCUT2D eigenvalue weighted by atomic mass is 10.2. The molecule has 0 radical (unpaired) electrons. The van der Waals surface area contributed by atoms with Crippen molar-refractivity contribution in [1.29, 1.82) is 0 Å². The first kappa shape index (κ1) is 8.87. The fourth-order valence-electron chi connectivity index (χ4n) is 1.72. The molecule has 4 heteroatoms. The van der Waals surface area contributed by atoms with E-state index in [-0.39, 0.29) is 18.5 Å². The first-order valence-corrected chi connectivity index (χ1v) is 4.24. The van der Waals surface area contributed by atoms with Crippen molar-refractivity contribution in [2.24, 2.45) is 0 Å². The summed E-state index contributed by atoms with van der Waals surface area (Å²) in [5.41, 5.74) is 0.612. The summed E-state index contributed by atoms with van der Waals surface area (Å²) in [6.45, 7) is 3.37. The molecule has 0 amide bonds. The number of aliphatic hydroxyl groups excluding tert-OH is 1. The van der Waals surface area contributed by atoms with Gasteiger partial charge in [-0.2, -0.15) is 0 Å². The molecule has 1 saturated heterocycles. The summed E-state index contributed by atoms with van der Waals surface area (Å²) < 4.78 is 10.9. The highest BCUT2D eigenvalue weighted by atomic mass is 16.8. The van der Waals surface area contributed by atoms with E-state index < -0.39 is 11.9 Å². The topological polar surface area (TPSA) is 55.8 Å². The second kappa shape index (κ2) is 2.64. The van der Waals surface area contributed by atoms with Gasteiger partial charge >= 0.3 is 0 Å². The zero-order chi connectivity index (χ0) is 9.64. The van der Waals surface area contributed by atoms with Crippen LogP contribution in [0.2, 0.25) is 0 Å². The summed E-state index contributed by atoms with van der Waals surface area (Å²) in [6.07, 6.45) is 0.481. The minimum absolute atomic E-state index is 0.111. The van der Waals surface area contributed by atoms with Crippen LogP contribution in [0.5, 0.6) is 0 Å². The Morgan fingerprint density at radius 2 is 2.08 bits per heavy atom. The molecular weight excluding hydrogens is 172 g/mol. The molecule has 1 aliphatic heterocycles. The van der Waals surface area contributed by atoms with Crippen LogP contribution in [-0.4, -0.2) is 35.5 Å². The van der Waals surface area contributed by atoms with Crippen molar-refractivity contribution < 1.29 is 19.4 Å². The zero-order valence-corrected chi connectivity index (χ0v) is 7.61. The van der Waals surface area contributed by atoms with Gasteiger partial charge in [0.15, 0.2) is 17.7 Å². The summed E-state index contributed by atoms with van der Waals surface area (Å²) in [7, 11) is 0. The Balaban J connectivity index is 2.24. The van der Waals surface area contributed by atoms with E-state index in [4.69, 9.17) is 14.6 Å². The predicted molar refractivity (Wildman–Crippen MR) is 44.0 cm³/mol. The summed E-state index contributed by atoms with van der Waals surface area (Å²) in [6, 6.07) is 0. The number of carbonyl (C=O) groups is 1. The van der Waals surface area contributed by atoms with Gasteiger partial charge in [-0.1, -0.05) is 0 Å². The molecule has 1 heterocycles. The first-order valence-electron chi connectivity index (χ1n) is 4.24. The number of hydrogen-bond acceptors (Lipinski definition) is 4. The Bertz CT molecular complexity index is 279. The van der Waals surface area contributed by atoms with E-state index in [0.717, 1.165) is 0 Å². The van der Waals surface area contributed by atoms with Crippen LogP contribution in [0.25, 0.3) is 0 Å². The number of fused-ring (bicyclic) bond motifs is 1. The van der Waals surface area contributed by atoms with Crippen LogP contribution in [-0.2, 0) is 14.3 Å². The largest absolute Gasteiger partial charge is 0.392 e. The van der Waals surface area contributed by atoms with Crippen LogP contribution >= 0.6 is 0 Å². The van der Waals surface area contributed by atoms with E-state index in [2.05, 4.69) is 0 Å². The van der Waals surface area contributed by atoms with Gasteiger partial charge in [0.1, 0.15) is 6.10 Å². The molecule has 0 unspecified atom stereocenters. The predicted octanol–water partition coefficient (Wildman–Crippen LogP) is 0.00790. The molecule has 1 aliphatic carbocycles. The Labute approximate surface area is 76.1 Å². The maximum Gasteiger partial charge on any atom is 0.187 e. The highest BCUT2D eigenvalue weighted by Gasteiger charge is 2.49. The Morgan fingerprint density at radius 1 is 1.46 bits per heavy atom. The second-order valence-electron chi connectivity index (χ2n) is 3.76. The summed E-state index contributed by atoms with van der Waals surface area (Å²) in [5.74, 6) is -0.834. The maximum absolute atomic E-state index is 11.3. The third-order valence-electron chi connectivity index (χ3n) is 2.25. The fourth-order valence-corrected chi connectivity index (χ4v) is 1.72. The van der Waals surface area contributed by atoms with Crippen molar-refractivity contribution in [2.45, 2.75) is 31.8 Å². The van der Waals surface area contributed by atoms with Crippen LogP contribution in [0.3, 0.4) is 0 Å². The maximum atomic E-state index is 11.3. The van der Waals surface area contributed by atoms with Crippen molar-refractivity contribution in [3.63, 3.8) is 0 Å². The average molecular weight is 184 g/mol. The quantitative estimate of drug-likeness (QED) is 0.623. The van der Waals surface area contributed by atoms with Crippen molar-refractivity contribution in [2.75, 3.05) is 6.61 Å². The standard InChI is InChI=1S/C9H12O4/c1-9(2)12-7-5(4-10)3-6(11)8(7)13-9/h3,7-8,10H,4H2,1-2H3/t7-,8+/m1/s1. The van der Waals surface area contributed by atoms with Crippen LogP contribution in [0.4, 0.5) is 0 Å². The smallest absolute Gasteiger partial charge is 0.187 e. The van der Waals surface area contributed by atoms with E-state index in [0.29, 0.717) is 5.57 Å². The molecule has 4 nitrogen and oxygen atoms in total. The summed E-state index contributed by atoms with van der Waals surface area (Å²) in [4.78, 5) is 11.3. The van der Waals surface area contributed by atoms with Crippen molar-refractivity contribution >= 4 is 5.78 Å². The van der Waals surface area contributed by atoms with Crippen LogP contribution < -0.4 is 0 Å². The number of carbonyl (C=O) groups excluding carboxylic acids is 1. The van der Waals surface area contributed by atoms with Gasteiger partial charge in [-0.05, 0) is 25.5 Å². The van der Waals surface area contributed by atoms with E-state index in [9.17, 15) is 4.79 Å². The molecule has 13 heavy (non-hydrogen) atoms. The Morgan fingerprint density at radius 3 is 2.69 bits per heavy atom. The van der Waals surface area contributed by atoms with Crippen LogP contribution in [0.1, 0.15) is 13.8 Å². The molecule has 0 bridgehead atoms. The molecule has 2 rings (SSSR count). The minimum Gasteiger partial charge on any atom is -0.392 e.